The Bertz CT molecular complexity index is 805. The van der Waals surface area contributed by atoms with E-state index < -0.39 is 7.60 Å². The Morgan fingerprint density at radius 3 is 2.11 bits per heavy atom. The summed E-state index contributed by atoms with van der Waals surface area (Å²) >= 11 is 0. The Morgan fingerprint density at radius 2 is 1.63 bits per heavy atom. The fourth-order valence-electron chi connectivity index (χ4n) is 2.54. The van der Waals surface area contributed by atoms with Crippen molar-refractivity contribution in [2.24, 2.45) is 0 Å². The van der Waals surface area contributed by atoms with Crippen molar-refractivity contribution in [1.82, 2.24) is 10.4 Å². The number of hydrogen-bond donors (Lipinski definition) is 1. The van der Waals surface area contributed by atoms with E-state index in [1.165, 1.54) is 0 Å². The van der Waals surface area contributed by atoms with Gasteiger partial charge in [-0.2, -0.15) is 0 Å². The Morgan fingerprint density at radius 1 is 1.04 bits per heavy atom. The highest BCUT2D eigenvalue weighted by atomic mass is 31.2. The van der Waals surface area contributed by atoms with Crippen LogP contribution in [0.1, 0.15) is 0 Å². The second-order valence-corrected chi connectivity index (χ2v) is 7.88. The van der Waals surface area contributed by atoms with Gasteiger partial charge < -0.3 is 14.1 Å². The molecule has 1 heterocycles. The van der Waals surface area contributed by atoms with E-state index >= 15 is 0 Å². The van der Waals surface area contributed by atoms with Crippen molar-refractivity contribution < 1.29 is 13.6 Å². The molecule has 2 aromatic carbocycles. The number of nitrogens with one attached hydrogen (secondary N) is 1. The first kappa shape index (κ1) is 19.0. The van der Waals surface area contributed by atoms with Crippen molar-refractivity contribution in [1.29, 1.82) is 0 Å². The molecule has 0 atom stereocenters. The Hall–Kier alpha value is -2.75. The molecule has 0 aliphatic carbocycles. The highest BCUT2D eigenvalue weighted by Gasteiger charge is 2.30. The van der Waals surface area contributed by atoms with E-state index in [0.29, 0.717) is 24.6 Å². The van der Waals surface area contributed by atoms with E-state index in [2.05, 4.69) is 12.0 Å². The number of hydrazine groups is 1. The van der Waals surface area contributed by atoms with Crippen molar-refractivity contribution >= 4 is 7.60 Å². The van der Waals surface area contributed by atoms with E-state index in [4.69, 9.17) is 9.05 Å². The van der Waals surface area contributed by atoms with Crippen molar-refractivity contribution in [3.05, 3.63) is 97.2 Å². The number of para-hydroxylation sites is 2. The van der Waals surface area contributed by atoms with Crippen molar-refractivity contribution in [3.63, 3.8) is 0 Å². The predicted molar refractivity (Wildman–Crippen MR) is 109 cm³/mol. The summed E-state index contributed by atoms with van der Waals surface area (Å²) in [5.74, 6) is 1.04. The zero-order chi connectivity index (χ0) is 19.0. The van der Waals surface area contributed by atoms with Crippen LogP contribution in [0.25, 0.3) is 0 Å². The molecule has 0 saturated heterocycles. The monoisotopic (exact) mass is 382 g/mol. The number of benzene rings is 2. The van der Waals surface area contributed by atoms with Gasteiger partial charge in [0.15, 0.2) is 0 Å². The molecule has 0 spiro atoms. The van der Waals surface area contributed by atoms with Gasteiger partial charge in [0.1, 0.15) is 11.5 Å². The number of hydrogen-bond acceptors (Lipinski definition) is 5. The molecule has 1 N–H and O–H groups in total. The van der Waals surface area contributed by atoms with Gasteiger partial charge in [-0.15, -0.1) is 6.58 Å². The summed E-state index contributed by atoms with van der Waals surface area (Å²) in [7, 11) is -3.45. The SMILES string of the molecule is C=CCNN1C=CC(CP(=O)(Oc2ccccc2)Oc2ccccc2)=CC1. The molecule has 3 rings (SSSR count). The molecule has 0 radical (unpaired) electrons. The maximum atomic E-state index is 13.5. The zero-order valence-corrected chi connectivity index (χ0v) is 15.9. The van der Waals surface area contributed by atoms with Crippen molar-refractivity contribution in [2.75, 3.05) is 19.3 Å². The van der Waals surface area contributed by atoms with Crippen LogP contribution < -0.4 is 14.5 Å². The van der Waals surface area contributed by atoms with Crippen LogP contribution in [0.5, 0.6) is 11.5 Å². The molecular weight excluding hydrogens is 359 g/mol. The van der Waals surface area contributed by atoms with Crippen LogP contribution in [0.3, 0.4) is 0 Å². The van der Waals surface area contributed by atoms with Gasteiger partial charge in [-0.3, -0.25) is 0 Å². The summed E-state index contributed by atoms with van der Waals surface area (Å²) in [6.07, 6.45) is 7.81. The molecule has 0 amide bonds. The van der Waals surface area contributed by atoms with Crippen LogP contribution in [0.15, 0.2) is 97.2 Å². The fraction of sp³-hybridized carbons (Fsp3) is 0.143. The third-order valence-electron chi connectivity index (χ3n) is 3.81. The topological polar surface area (TPSA) is 50.8 Å². The highest BCUT2D eigenvalue weighted by molar-refractivity contribution is 7.55. The summed E-state index contributed by atoms with van der Waals surface area (Å²) in [4.78, 5) is 0. The number of allylic oxidation sites excluding steroid dienone is 2. The first-order valence-corrected chi connectivity index (χ1v) is 10.5. The Kier molecular flexibility index (Phi) is 6.53. The summed E-state index contributed by atoms with van der Waals surface area (Å²) < 4.78 is 25.1. The van der Waals surface area contributed by atoms with Crippen LogP contribution in [0, 0.1) is 0 Å². The number of rotatable bonds is 9. The van der Waals surface area contributed by atoms with Crippen molar-refractivity contribution in [2.45, 2.75) is 0 Å². The first-order valence-electron chi connectivity index (χ1n) is 8.73. The Labute approximate surface area is 160 Å². The largest absolute Gasteiger partial charge is 0.435 e. The zero-order valence-electron chi connectivity index (χ0n) is 15.0. The van der Waals surface area contributed by atoms with Crippen molar-refractivity contribution in [3.8, 4) is 11.5 Å². The smallest absolute Gasteiger partial charge is 0.416 e. The van der Waals surface area contributed by atoms with E-state index in [-0.39, 0.29) is 6.16 Å². The molecule has 6 heteroatoms. The summed E-state index contributed by atoms with van der Waals surface area (Å²) in [6, 6.07) is 18.2. The minimum absolute atomic E-state index is 0.183. The van der Waals surface area contributed by atoms with Gasteiger partial charge in [-0.05, 0) is 35.9 Å². The molecule has 1 aliphatic rings. The van der Waals surface area contributed by atoms with Crippen LogP contribution >= 0.6 is 7.60 Å². The molecule has 5 nitrogen and oxygen atoms in total. The molecule has 140 valence electrons. The molecule has 0 bridgehead atoms. The van der Waals surface area contributed by atoms with Gasteiger partial charge in [0.25, 0.3) is 0 Å². The molecule has 0 unspecified atom stereocenters. The molecule has 0 fully saturated rings. The molecule has 1 aliphatic heterocycles. The van der Waals surface area contributed by atoms with E-state index in [1.54, 1.807) is 30.3 Å². The van der Waals surface area contributed by atoms with Crippen LogP contribution in [-0.4, -0.2) is 24.3 Å². The maximum Gasteiger partial charge on any atom is 0.435 e. The third kappa shape index (κ3) is 5.88. The van der Waals surface area contributed by atoms with Crippen LogP contribution in [0.2, 0.25) is 0 Å². The average molecular weight is 382 g/mol. The molecule has 0 aromatic heterocycles. The van der Waals surface area contributed by atoms with E-state index in [9.17, 15) is 4.57 Å². The quantitative estimate of drug-likeness (QED) is 0.499. The minimum Gasteiger partial charge on any atom is -0.416 e. The van der Waals surface area contributed by atoms with Gasteiger partial charge in [-0.25, -0.2) is 9.99 Å². The third-order valence-corrected chi connectivity index (χ3v) is 5.54. The maximum absolute atomic E-state index is 13.5. The summed E-state index contributed by atoms with van der Waals surface area (Å²) in [5.41, 5.74) is 4.09. The van der Waals surface area contributed by atoms with Gasteiger partial charge >= 0.3 is 7.60 Å². The molecular formula is C21H23N2O3P. The van der Waals surface area contributed by atoms with Gasteiger partial charge in [0, 0.05) is 12.7 Å². The van der Waals surface area contributed by atoms with E-state index in [0.717, 1.165) is 5.57 Å². The Balaban J connectivity index is 1.74. The van der Waals surface area contributed by atoms with Gasteiger partial charge in [-0.1, -0.05) is 48.6 Å². The lowest BCUT2D eigenvalue weighted by atomic mass is 10.2. The molecule has 2 aromatic rings. The van der Waals surface area contributed by atoms with Gasteiger partial charge in [0.05, 0.1) is 12.7 Å². The van der Waals surface area contributed by atoms with Crippen LogP contribution in [-0.2, 0) is 4.57 Å². The second-order valence-electron chi connectivity index (χ2n) is 5.98. The standard InChI is InChI=1S/C21H23N2O3P/c1-2-15-22-23-16-13-19(14-17-23)18-27(24,25-20-9-5-3-6-10-20)26-21-11-7-4-8-12-21/h2-14,16,22H,1,15,17-18H2. The predicted octanol–water partition coefficient (Wildman–Crippen LogP) is 4.78. The second kappa shape index (κ2) is 9.26. The van der Waals surface area contributed by atoms with E-state index in [1.807, 2.05) is 59.8 Å². The fourth-order valence-corrected chi connectivity index (χ4v) is 4.27. The summed E-state index contributed by atoms with van der Waals surface area (Å²) in [5, 5.41) is 1.94. The lowest BCUT2D eigenvalue weighted by molar-refractivity contribution is 0.310. The lowest BCUT2D eigenvalue weighted by Crippen LogP contribution is -2.35. The minimum atomic E-state index is -3.45. The normalized spacial score (nSPS) is 13.8. The average Bonchev–Trinajstić information content (AvgIpc) is 2.69. The molecule has 0 saturated carbocycles. The number of nitrogens with zero attached hydrogens (tertiary/aromatic N) is 1. The highest BCUT2D eigenvalue weighted by Crippen LogP contribution is 2.50. The lowest BCUT2D eigenvalue weighted by Gasteiger charge is -2.25. The van der Waals surface area contributed by atoms with Gasteiger partial charge in [0.2, 0.25) is 0 Å². The first-order chi connectivity index (χ1) is 13.2. The molecule has 27 heavy (non-hydrogen) atoms. The van der Waals surface area contributed by atoms with Crippen LogP contribution in [0.4, 0.5) is 0 Å². The summed E-state index contributed by atoms with van der Waals surface area (Å²) in [6.45, 7) is 5.03.